The van der Waals surface area contributed by atoms with Gasteiger partial charge in [0.25, 0.3) is 5.91 Å². The molecule has 1 fully saturated rings. The summed E-state index contributed by atoms with van der Waals surface area (Å²) in [6.45, 7) is 5.49. The fraction of sp³-hybridized carbons (Fsp3) is 0.391. The van der Waals surface area contributed by atoms with Crippen molar-refractivity contribution in [1.82, 2.24) is 14.4 Å². The first kappa shape index (κ1) is 21.3. The van der Waals surface area contributed by atoms with Crippen LogP contribution in [0, 0.1) is 0 Å². The van der Waals surface area contributed by atoms with E-state index in [1.165, 1.54) is 0 Å². The van der Waals surface area contributed by atoms with E-state index in [9.17, 15) is 9.59 Å². The Morgan fingerprint density at radius 3 is 2.77 bits per heavy atom. The van der Waals surface area contributed by atoms with Crippen LogP contribution in [0.4, 0.5) is 0 Å². The van der Waals surface area contributed by atoms with Gasteiger partial charge in [-0.15, -0.1) is 11.6 Å². The number of aromatic nitrogens is 1. The van der Waals surface area contributed by atoms with Gasteiger partial charge in [0.1, 0.15) is 16.8 Å². The highest BCUT2D eigenvalue weighted by Crippen LogP contribution is 2.25. The van der Waals surface area contributed by atoms with Gasteiger partial charge in [0.2, 0.25) is 11.6 Å². The van der Waals surface area contributed by atoms with Gasteiger partial charge in [-0.05, 0) is 43.7 Å². The van der Waals surface area contributed by atoms with Crippen molar-refractivity contribution < 1.29 is 18.7 Å². The molecule has 0 bridgehead atoms. The lowest BCUT2D eigenvalue weighted by atomic mass is 10.1. The molecule has 0 radical (unpaired) electrons. The third-order valence-corrected chi connectivity index (χ3v) is 5.92. The normalized spacial score (nSPS) is 17.7. The molecule has 4 rings (SSSR count). The Labute approximate surface area is 186 Å². The van der Waals surface area contributed by atoms with E-state index in [-0.39, 0.29) is 17.9 Å². The van der Waals surface area contributed by atoms with Gasteiger partial charge >= 0.3 is 0 Å². The number of hydrogen-bond donors (Lipinski definition) is 0. The number of ether oxygens (including phenoxy) is 1. The number of halogens is 1. The van der Waals surface area contributed by atoms with E-state index in [0.29, 0.717) is 37.6 Å². The lowest BCUT2D eigenvalue weighted by molar-refractivity contribution is -0.134. The van der Waals surface area contributed by atoms with Crippen LogP contribution in [-0.2, 0) is 11.3 Å². The van der Waals surface area contributed by atoms with Crippen LogP contribution in [0.5, 0.6) is 5.75 Å². The number of piperazine rings is 1. The number of benzene rings is 1. The van der Waals surface area contributed by atoms with Crippen LogP contribution < -0.4 is 4.74 Å². The molecular weight excluding hydrogens is 418 g/mol. The topological polar surface area (TPSA) is 67.9 Å². The van der Waals surface area contributed by atoms with Crippen LogP contribution in [0.25, 0.3) is 11.1 Å². The van der Waals surface area contributed by atoms with Crippen LogP contribution in [0.15, 0.2) is 47.1 Å². The maximum Gasteiger partial charge on any atom is 0.270 e. The summed E-state index contributed by atoms with van der Waals surface area (Å²) in [6.07, 6.45) is 1.63. The Bertz CT molecular complexity index is 1100. The molecule has 1 aromatic carbocycles. The molecule has 164 valence electrons. The lowest BCUT2D eigenvalue weighted by Gasteiger charge is -2.40. The first-order valence-electron chi connectivity index (χ1n) is 10.3. The highest BCUT2D eigenvalue weighted by atomic mass is 35.5. The Hall–Kier alpha value is -2.93. The quantitative estimate of drug-likeness (QED) is 0.565. The van der Waals surface area contributed by atoms with Crippen molar-refractivity contribution in [2.24, 2.45) is 0 Å². The number of carbonyl (C=O) groups excluding carboxylic acids is 2. The molecule has 3 heterocycles. The average Bonchev–Trinajstić information content (AvgIpc) is 3.35. The molecule has 3 aromatic rings. The number of rotatable bonds is 5. The van der Waals surface area contributed by atoms with Crippen molar-refractivity contribution in [3.63, 3.8) is 0 Å². The first-order valence-corrected chi connectivity index (χ1v) is 10.8. The predicted octanol–water partition coefficient (Wildman–Crippen LogP) is 3.59. The van der Waals surface area contributed by atoms with E-state index >= 15 is 0 Å². The molecule has 2 unspecified atom stereocenters. The summed E-state index contributed by atoms with van der Waals surface area (Å²) in [5, 5.41) is 0.306. The number of nitrogens with zero attached hydrogens (tertiary/aromatic N) is 3. The van der Waals surface area contributed by atoms with Crippen LogP contribution in [0.2, 0.25) is 0 Å². The van der Waals surface area contributed by atoms with Crippen molar-refractivity contribution in [3.05, 3.63) is 53.9 Å². The molecule has 0 saturated carbocycles. The molecule has 1 aliphatic rings. The van der Waals surface area contributed by atoms with Crippen molar-refractivity contribution in [2.45, 2.75) is 31.8 Å². The standard InChI is InChI=1S/C23H26ClN3O4/c1-15-13-25(8-9-26(15)21(28)16(2)24)22(29)20-12-18-7-10-31-23(18)27(20)14-17-5-4-6-19(11-17)30-3/h4-7,10-12,15-16H,8-9,13-14H2,1-3H3. The maximum atomic E-state index is 13.5. The molecule has 0 spiro atoms. The highest BCUT2D eigenvalue weighted by molar-refractivity contribution is 6.30. The number of carbonyl (C=O) groups is 2. The number of furan rings is 1. The Morgan fingerprint density at radius 2 is 2.06 bits per heavy atom. The van der Waals surface area contributed by atoms with Gasteiger partial charge in [-0.3, -0.25) is 9.59 Å². The zero-order valence-electron chi connectivity index (χ0n) is 17.9. The Kier molecular flexibility index (Phi) is 5.96. The molecule has 31 heavy (non-hydrogen) atoms. The number of alkyl halides is 1. The molecular formula is C23H26ClN3O4. The SMILES string of the molecule is COc1cccc(Cn2c(C(=O)N3CCN(C(=O)C(C)Cl)C(C)C3)cc3ccoc32)c1. The van der Waals surface area contributed by atoms with Crippen molar-refractivity contribution >= 4 is 34.5 Å². The predicted molar refractivity (Wildman–Crippen MR) is 119 cm³/mol. The van der Waals surface area contributed by atoms with Crippen molar-refractivity contribution in [3.8, 4) is 5.75 Å². The minimum absolute atomic E-state index is 0.0767. The number of amides is 2. The van der Waals surface area contributed by atoms with Gasteiger partial charge in [-0.25, -0.2) is 0 Å². The monoisotopic (exact) mass is 443 g/mol. The third kappa shape index (κ3) is 4.14. The zero-order valence-corrected chi connectivity index (χ0v) is 18.6. The van der Waals surface area contributed by atoms with Crippen LogP contribution in [0.3, 0.4) is 0 Å². The smallest absolute Gasteiger partial charge is 0.270 e. The second-order valence-electron chi connectivity index (χ2n) is 7.90. The summed E-state index contributed by atoms with van der Waals surface area (Å²) < 4.78 is 12.9. The molecule has 7 nitrogen and oxygen atoms in total. The van der Waals surface area contributed by atoms with Crippen LogP contribution in [0.1, 0.15) is 29.9 Å². The zero-order chi connectivity index (χ0) is 22.1. The van der Waals surface area contributed by atoms with Crippen LogP contribution >= 0.6 is 11.6 Å². The number of methoxy groups -OCH3 is 1. The van der Waals surface area contributed by atoms with E-state index in [0.717, 1.165) is 16.7 Å². The molecule has 0 aliphatic carbocycles. The summed E-state index contributed by atoms with van der Waals surface area (Å²) in [7, 11) is 1.63. The van der Waals surface area contributed by atoms with E-state index < -0.39 is 5.38 Å². The second-order valence-corrected chi connectivity index (χ2v) is 8.55. The van der Waals surface area contributed by atoms with E-state index in [2.05, 4.69) is 0 Å². The molecule has 2 aromatic heterocycles. The summed E-state index contributed by atoms with van der Waals surface area (Å²) in [4.78, 5) is 29.3. The van der Waals surface area contributed by atoms with E-state index in [1.54, 1.807) is 30.1 Å². The fourth-order valence-electron chi connectivity index (χ4n) is 4.12. The Morgan fingerprint density at radius 1 is 1.26 bits per heavy atom. The fourth-order valence-corrected chi connectivity index (χ4v) is 4.25. The van der Waals surface area contributed by atoms with Gasteiger partial charge < -0.3 is 23.5 Å². The molecule has 8 heteroatoms. The second kappa shape index (κ2) is 8.67. The maximum absolute atomic E-state index is 13.5. The van der Waals surface area contributed by atoms with Gasteiger partial charge in [0, 0.05) is 31.1 Å². The van der Waals surface area contributed by atoms with Crippen molar-refractivity contribution in [2.75, 3.05) is 26.7 Å². The van der Waals surface area contributed by atoms with E-state index in [4.69, 9.17) is 20.8 Å². The summed E-state index contributed by atoms with van der Waals surface area (Å²) in [6, 6.07) is 11.4. The van der Waals surface area contributed by atoms with Crippen molar-refractivity contribution in [1.29, 1.82) is 0 Å². The molecule has 2 amide bonds. The largest absolute Gasteiger partial charge is 0.497 e. The van der Waals surface area contributed by atoms with Gasteiger partial charge in [0.15, 0.2) is 0 Å². The minimum Gasteiger partial charge on any atom is -0.497 e. The summed E-state index contributed by atoms with van der Waals surface area (Å²) >= 11 is 5.98. The molecule has 2 atom stereocenters. The first-order chi connectivity index (χ1) is 14.9. The van der Waals surface area contributed by atoms with Gasteiger partial charge in [0.05, 0.1) is 19.9 Å². The highest BCUT2D eigenvalue weighted by Gasteiger charge is 2.33. The lowest BCUT2D eigenvalue weighted by Crippen LogP contribution is -2.56. The molecule has 1 aliphatic heterocycles. The van der Waals surface area contributed by atoms with E-state index in [1.807, 2.05) is 47.9 Å². The number of hydrogen-bond acceptors (Lipinski definition) is 4. The average molecular weight is 444 g/mol. The van der Waals surface area contributed by atoms with Gasteiger partial charge in [-0.2, -0.15) is 0 Å². The molecule has 1 saturated heterocycles. The molecule has 0 N–H and O–H groups in total. The summed E-state index contributed by atoms with van der Waals surface area (Å²) in [5.41, 5.74) is 2.22. The minimum atomic E-state index is -0.572. The Balaban J connectivity index is 1.59. The third-order valence-electron chi connectivity index (χ3n) is 5.73. The van der Waals surface area contributed by atoms with Crippen LogP contribution in [-0.4, -0.2) is 64.3 Å². The summed E-state index contributed by atoms with van der Waals surface area (Å²) in [5.74, 6) is 0.587. The van der Waals surface area contributed by atoms with Gasteiger partial charge in [-0.1, -0.05) is 12.1 Å². The number of fused-ring (bicyclic) bond motifs is 1.